The van der Waals surface area contributed by atoms with E-state index in [0.717, 1.165) is 0 Å². The van der Waals surface area contributed by atoms with Gasteiger partial charge in [0.1, 0.15) is 10.9 Å². The van der Waals surface area contributed by atoms with Crippen molar-refractivity contribution in [3.05, 3.63) is 23.0 Å². The lowest BCUT2D eigenvalue weighted by atomic mass is 10.3. The van der Waals surface area contributed by atoms with Gasteiger partial charge in [0.15, 0.2) is 5.69 Å². The monoisotopic (exact) mass is 187 g/mol. The Morgan fingerprint density at radius 3 is 2.92 bits per heavy atom. The number of esters is 1. The van der Waals surface area contributed by atoms with Gasteiger partial charge in [-0.25, -0.2) is 9.78 Å². The van der Waals surface area contributed by atoms with Crippen molar-refractivity contribution in [2.45, 2.75) is 0 Å². The summed E-state index contributed by atoms with van der Waals surface area (Å²) in [4.78, 5) is 14.5. The highest BCUT2D eigenvalue weighted by atomic mass is 35.5. The maximum Gasteiger partial charge on any atom is 0.360 e. The average Bonchev–Trinajstić information content (AvgIpc) is 2.08. The summed E-state index contributed by atoms with van der Waals surface area (Å²) in [6.45, 7) is 0. The van der Waals surface area contributed by atoms with Crippen molar-refractivity contribution in [1.29, 1.82) is 0 Å². The zero-order valence-electron chi connectivity index (χ0n) is 6.24. The smallest absolute Gasteiger partial charge is 0.360 e. The number of rotatable bonds is 1. The molecule has 0 radical (unpaired) electrons. The van der Waals surface area contributed by atoms with Gasteiger partial charge in [0.25, 0.3) is 0 Å². The second kappa shape index (κ2) is 3.40. The van der Waals surface area contributed by atoms with E-state index in [1.807, 2.05) is 0 Å². The first-order valence-electron chi connectivity index (χ1n) is 3.09. The Morgan fingerprint density at radius 1 is 1.67 bits per heavy atom. The zero-order valence-corrected chi connectivity index (χ0v) is 7.00. The Labute approximate surface area is 73.8 Å². The second-order valence-corrected chi connectivity index (χ2v) is 2.38. The van der Waals surface area contributed by atoms with Crippen LogP contribution in [0.15, 0.2) is 12.1 Å². The number of hydrogen-bond donors (Lipinski definition) is 1. The van der Waals surface area contributed by atoms with Crippen molar-refractivity contribution in [3.63, 3.8) is 0 Å². The summed E-state index contributed by atoms with van der Waals surface area (Å²) < 4.78 is 4.35. The molecule has 4 nitrogen and oxygen atoms in total. The van der Waals surface area contributed by atoms with Gasteiger partial charge in [-0.1, -0.05) is 11.6 Å². The van der Waals surface area contributed by atoms with Crippen LogP contribution in [-0.4, -0.2) is 23.2 Å². The number of carbonyl (C=O) groups is 1. The molecule has 0 saturated carbocycles. The first kappa shape index (κ1) is 8.80. The van der Waals surface area contributed by atoms with Crippen LogP contribution in [0.2, 0.25) is 5.15 Å². The number of nitrogens with zero attached hydrogens (tertiary/aromatic N) is 1. The lowest BCUT2D eigenvalue weighted by Crippen LogP contribution is -2.04. The van der Waals surface area contributed by atoms with Crippen molar-refractivity contribution in [1.82, 2.24) is 4.98 Å². The van der Waals surface area contributed by atoms with Crippen LogP contribution in [0.25, 0.3) is 0 Å². The molecule has 1 aromatic rings. The molecule has 0 aromatic carbocycles. The molecule has 0 aliphatic rings. The van der Waals surface area contributed by atoms with Gasteiger partial charge in [0.2, 0.25) is 0 Å². The van der Waals surface area contributed by atoms with E-state index in [2.05, 4.69) is 9.72 Å². The number of hydrogen-bond acceptors (Lipinski definition) is 4. The third-order valence-corrected chi connectivity index (χ3v) is 1.43. The standard InChI is InChI=1S/C7H6ClNO3/c1-12-7(11)6-4(10)2-3-5(8)9-6/h2-3,10H,1H3. The molecule has 0 aliphatic carbocycles. The summed E-state index contributed by atoms with van der Waals surface area (Å²) in [7, 11) is 1.20. The Bertz CT molecular complexity index is 314. The molecule has 1 rings (SSSR count). The third kappa shape index (κ3) is 1.65. The highest BCUT2D eigenvalue weighted by molar-refractivity contribution is 6.29. The quantitative estimate of drug-likeness (QED) is 0.531. The summed E-state index contributed by atoms with van der Waals surface area (Å²) in [5.41, 5.74) is -0.176. The molecule has 0 unspecified atom stereocenters. The van der Waals surface area contributed by atoms with Gasteiger partial charge in [0.05, 0.1) is 7.11 Å². The van der Waals surface area contributed by atoms with E-state index in [9.17, 15) is 4.79 Å². The number of methoxy groups -OCH3 is 1. The molecule has 0 fully saturated rings. The maximum atomic E-state index is 10.9. The number of ether oxygens (including phenoxy) is 1. The zero-order chi connectivity index (χ0) is 9.14. The fourth-order valence-corrected chi connectivity index (χ4v) is 0.822. The molecule has 1 heterocycles. The lowest BCUT2D eigenvalue weighted by molar-refractivity contribution is 0.0590. The molecule has 0 saturated heterocycles. The van der Waals surface area contributed by atoms with Crippen LogP contribution < -0.4 is 0 Å². The van der Waals surface area contributed by atoms with Crippen LogP contribution in [0.3, 0.4) is 0 Å². The molecule has 1 aromatic heterocycles. The molecular weight excluding hydrogens is 182 g/mol. The minimum atomic E-state index is -0.713. The van der Waals surface area contributed by atoms with E-state index >= 15 is 0 Å². The van der Waals surface area contributed by atoms with E-state index < -0.39 is 5.97 Å². The minimum Gasteiger partial charge on any atom is -0.505 e. The molecule has 64 valence electrons. The summed E-state index contributed by atoms with van der Waals surface area (Å²) in [6, 6.07) is 2.66. The van der Waals surface area contributed by atoms with Crippen molar-refractivity contribution >= 4 is 17.6 Å². The Hall–Kier alpha value is -1.29. The highest BCUT2D eigenvalue weighted by Gasteiger charge is 2.13. The van der Waals surface area contributed by atoms with E-state index in [4.69, 9.17) is 16.7 Å². The van der Waals surface area contributed by atoms with Crippen molar-refractivity contribution in [2.75, 3.05) is 7.11 Å². The van der Waals surface area contributed by atoms with E-state index in [-0.39, 0.29) is 16.6 Å². The average molecular weight is 188 g/mol. The van der Waals surface area contributed by atoms with Crippen molar-refractivity contribution in [3.8, 4) is 5.75 Å². The topological polar surface area (TPSA) is 59.4 Å². The van der Waals surface area contributed by atoms with Crippen LogP contribution in [0.5, 0.6) is 5.75 Å². The number of carbonyl (C=O) groups excluding carboxylic acids is 1. The predicted molar refractivity (Wildman–Crippen MR) is 42.3 cm³/mol. The molecule has 0 amide bonds. The molecule has 0 atom stereocenters. The molecule has 12 heavy (non-hydrogen) atoms. The summed E-state index contributed by atoms with van der Waals surface area (Å²) in [5.74, 6) is -0.957. The van der Waals surface area contributed by atoms with Gasteiger partial charge in [-0.3, -0.25) is 0 Å². The molecule has 0 bridgehead atoms. The molecule has 0 aliphatic heterocycles. The Kier molecular flexibility index (Phi) is 2.50. The minimum absolute atomic E-state index is 0.133. The van der Waals surface area contributed by atoms with Gasteiger partial charge >= 0.3 is 5.97 Å². The number of aromatic nitrogens is 1. The van der Waals surface area contributed by atoms with Crippen LogP contribution >= 0.6 is 11.6 Å². The fourth-order valence-electron chi connectivity index (χ4n) is 0.675. The van der Waals surface area contributed by atoms with Gasteiger partial charge in [0, 0.05) is 0 Å². The van der Waals surface area contributed by atoms with Crippen LogP contribution in [0, 0.1) is 0 Å². The Morgan fingerprint density at radius 2 is 2.33 bits per heavy atom. The first-order chi connectivity index (χ1) is 5.65. The molecule has 5 heteroatoms. The first-order valence-corrected chi connectivity index (χ1v) is 3.46. The molecule has 1 N–H and O–H groups in total. The largest absolute Gasteiger partial charge is 0.505 e. The summed E-state index contributed by atoms with van der Waals surface area (Å²) >= 11 is 5.49. The summed E-state index contributed by atoms with van der Waals surface area (Å²) in [5, 5.41) is 9.25. The maximum absolute atomic E-state index is 10.9. The predicted octanol–water partition coefficient (Wildman–Crippen LogP) is 1.23. The third-order valence-electron chi connectivity index (χ3n) is 1.22. The van der Waals surface area contributed by atoms with Crippen LogP contribution in [0.1, 0.15) is 10.5 Å². The van der Waals surface area contributed by atoms with Crippen molar-refractivity contribution < 1.29 is 14.6 Å². The molecular formula is C7H6ClNO3. The molecule has 0 spiro atoms. The SMILES string of the molecule is COC(=O)c1nc(Cl)ccc1O. The fraction of sp³-hybridized carbons (Fsp3) is 0.143. The Balaban J connectivity index is 3.13. The van der Waals surface area contributed by atoms with Crippen molar-refractivity contribution in [2.24, 2.45) is 0 Å². The van der Waals surface area contributed by atoms with E-state index in [1.165, 1.54) is 19.2 Å². The number of halogens is 1. The van der Waals surface area contributed by atoms with E-state index in [0.29, 0.717) is 0 Å². The van der Waals surface area contributed by atoms with Gasteiger partial charge in [-0.15, -0.1) is 0 Å². The second-order valence-electron chi connectivity index (χ2n) is 1.99. The van der Waals surface area contributed by atoms with E-state index in [1.54, 1.807) is 0 Å². The summed E-state index contributed by atoms with van der Waals surface area (Å²) in [6.07, 6.45) is 0. The lowest BCUT2D eigenvalue weighted by Gasteiger charge is -2.00. The highest BCUT2D eigenvalue weighted by Crippen LogP contribution is 2.17. The van der Waals surface area contributed by atoms with Gasteiger partial charge < -0.3 is 9.84 Å². The van der Waals surface area contributed by atoms with Crippen LogP contribution in [0.4, 0.5) is 0 Å². The number of pyridine rings is 1. The van der Waals surface area contributed by atoms with Gasteiger partial charge in [-0.05, 0) is 12.1 Å². The normalized spacial score (nSPS) is 9.50. The van der Waals surface area contributed by atoms with Crippen LogP contribution in [-0.2, 0) is 4.74 Å². The number of aromatic hydroxyl groups is 1. The van der Waals surface area contributed by atoms with Gasteiger partial charge in [-0.2, -0.15) is 0 Å².